The minimum absolute atomic E-state index is 0.194. The van der Waals surface area contributed by atoms with Crippen LogP contribution in [0.4, 0.5) is 0 Å². The molecule has 0 aromatic heterocycles. The van der Waals surface area contributed by atoms with E-state index in [4.69, 9.17) is 14.9 Å². The summed E-state index contributed by atoms with van der Waals surface area (Å²) in [6.45, 7) is -0.277. The fourth-order valence-corrected chi connectivity index (χ4v) is 3.06. The van der Waals surface area contributed by atoms with Crippen LogP contribution in [0.15, 0.2) is 30.3 Å². The Labute approximate surface area is 123 Å². The van der Waals surface area contributed by atoms with Gasteiger partial charge in [0.15, 0.2) is 0 Å². The first-order valence-corrected chi connectivity index (χ1v) is 7.48. The molecule has 1 aromatic rings. The van der Waals surface area contributed by atoms with Crippen molar-refractivity contribution in [2.75, 3.05) is 13.7 Å². The monoisotopic (exact) mass is 302 g/mol. The van der Waals surface area contributed by atoms with Gasteiger partial charge in [-0.2, -0.15) is 0 Å². The molecule has 1 saturated heterocycles. The van der Waals surface area contributed by atoms with Crippen LogP contribution in [0.1, 0.15) is 12.0 Å². The summed E-state index contributed by atoms with van der Waals surface area (Å²) in [4.78, 5) is 0. The number of thioether (sulfide) groups is 1. The topological polar surface area (TPSA) is 90.2 Å². The first-order chi connectivity index (χ1) is 9.70. The Hall–Kier alpha value is -0.630. The molecule has 0 aliphatic carbocycles. The van der Waals surface area contributed by atoms with Crippen molar-refractivity contribution in [3.05, 3.63) is 35.9 Å². The predicted molar refractivity (Wildman–Crippen MR) is 78.3 cm³/mol. The van der Waals surface area contributed by atoms with Crippen LogP contribution in [0.3, 0.4) is 0 Å². The first-order valence-electron chi connectivity index (χ1n) is 6.43. The smallest absolute Gasteiger partial charge is 0.110 e. The van der Waals surface area contributed by atoms with Crippen LogP contribution in [0, 0.1) is 0 Å². The summed E-state index contributed by atoms with van der Waals surface area (Å²) >= 11 is 1.57. The summed E-state index contributed by atoms with van der Waals surface area (Å²) in [5.41, 5.74) is 0.994. The van der Waals surface area contributed by atoms with E-state index < -0.39 is 18.3 Å². The molecule has 4 atom stereocenters. The van der Waals surface area contributed by atoms with Gasteiger partial charge in [0.1, 0.15) is 17.6 Å². The Morgan fingerprint density at radius 1 is 1.20 bits per heavy atom. The van der Waals surface area contributed by atoms with Gasteiger partial charge in [-0.05, 0) is 5.56 Å². The highest BCUT2D eigenvalue weighted by Crippen LogP contribution is 2.29. The maximum absolute atomic E-state index is 9.69. The highest BCUT2D eigenvalue weighted by Gasteiger charge is 2.36. The lowest BCUT2D eigenvalue weighted by molar-refractivity contribution is -0.157. The van der Waals surface area contributed by atoms with Gasteiger partial charge in [0, 0.05) is 19.3 Å². The maximum atomic E-state index is 9.69. The molecule has 0 bridgehead atoms. The highest BCUT2D eigenvalue weighted by atomic mass is 32.2. The van der Waals surface area contributed by atoms with Crippen LogP contribution in [0.2, 0.25) is 0 Å². The lowest BCUT2D eigenvalue weighted by atomic mass is 10.0. The largest absolute Gasteiger partial charge is 0.400 e. The van der Waals surface area contributed by atoms with Gasteiger partial charge in [-0.3, -0.25) is 0 Å². The van der Waals surface area contributed by atoms with Gasteiger partial charge in [0.05, 0.1) is 12.7 Å². The second-order valence-electron chi connectivity index (χ2n) is 4.38. The normalized spacial score (nSPS) is 29.4. The summed E-state index contributed by atoms with van der Waals surface area (Å²) in [6, 6.07) is 9.99. The van der Waals surface area contributed by atoms with E-state index in [1.165, 1.54) is 5.56 Å². The quantitative estimate of drug-likeness (QED) is 0.642. The van der Waals surface area contributed by atoms with Gasteiger partial charge in [-0.1, -0.05) is 30.3 Å². The van der Waals surface area contributed by atoms with Crippen molar-refractivity contribution in [3.8, 4) is 0 Å². The van der Waals surface area contributed by atoms with Crippen LogP contribution in [0.25, 0.3) is 0 Å². The van der Waals surface area contributed by atoms with Crippen molar-refractivity contribution in [1.29, 1.82) is 0 Å². The predicted octanol–water partition coefficient (Wildman–Crippen LogP) is 0.357. The zero-order valence-electron chi connectivity index (χ0n) is 11.4. The molecule has 0 amide bonds. The van der Waals surface area contributed by atoms with E-state index >= 15 is 0 Å². The highest BCUT2D eigenvalue weighted by molar-refractivity contribution is 7.99. The molecule has 5 nitrogen and oxygen atoms in total. The molecule has 1 aliphatic heterocycles. The van der Waals surface area contributed by atoms with Crippen LogP contribution in [-0.4, -0.2) is 57.9 Å². The number of ether oxygens (including phenoxy) is 1. The third-order valence-electron chi connectivity index (χ3n) is 2.99. The van der Waals surface area contributed by atoms with Crippen molar-refractivity contribution < 1.29 is 25.2 Å². The Bertz CT molecular complexity index is 362. The molecule has 0 spiro atoms. The van der Waals surface area contributed by atoms with E-state index in [0.29, 0.717) is 6.42 Å². The summed E-state index contributed by atoms with van der Waals surface area (Å²) in [6.07, 6.45) is -2.13. The molecule has 20 heavy (non-hydrogen) atoms. The van der Waals surface area contributed by atoms with Gasteiger partial charge < -0.3 is 25.2 Å². The molecular weight excluding hydrogens is 280 g/mol. The number of benzene rings is 1. The summed E-state index contributed by atoms with van der Waals surface area (Å²) in [7, 11) is 1.00. The zero-order valence-corrected chi connectivity index (χ0v) is 12.2. The number of hydrogen-bond acceptors (Lipinski definition) is 6. The van der Waals surface area contributed by atoms with E-state index in [0.717, 1.165) is 12.9 Å². The van der Waals surface area contributed by atoms with Crippen molar-refractivity contribution in [2.24, 2.45) is 0 Å². The van der Waals surface area contributed by atoms with Crippen LogP contribution < -0.4 is 0 Å². The third kappa shape index (κ3) is 5.05. The molecule has 0 radical (unpaired) electrons. The lowest BCUT2D eigenvalue weighted by Gasteiger charge is -2.36. The fraction of sp³-hybridized carbons (Fsp3) is 0.571. The maximum Gasteiger partial charge on any atom is 0.110 e. The van der Waals surface area contributed by atoms with E-state index in [-0.39, 0.29) is 12.0 Å². The van der Waals surface area contributed by atoms with Gasteiger partial charge in [-0.15, -0.1) is 11.8 Å². The summed E-state index contributed by atoms with van der Waals surface area (Å²) in [5, 5.41) is 35.4. The van der Waals surface area contributed by atoms with E-state index in [1.807, 2.05) is 30.3 Å². The van der Waals surface area contributed by atoms with E-state index in [2.05, 4.69) is 0 Å². The molecule has 114 valence electrons. The Morgan fingerprint density at radius 3 is 2.45 bits per heavy atom. The minimum Gasteiger partial charge on any atom is -0.400 e. The first kappa shape index (κ1) is 17.4. The van der Waals surface area contributed by atoms with Gasteiger partial charge in [-0.25, -0.2) is 0 Å². The zero-order chi connectivity index (χ0) is 15.0. The average molecular weight is 302 g/mol. The van der Waals surface area contributed by atoms with Crippen molar-refractivity contribution in [1.82, 2.24) is 0 Å². The Kier molecular flexibility index (Phi) is 8.13. The minimum atomic E-state index is -0.997. The van der Waals surface area contributed by atoms with Crippen LogP contribution >= 0.6 is 11.8 Å². The summed E-state index contributed by atoms with van der Waals surface area (Å²) < 4.78 is 5.54. The molecule has 6 heteroatoms. The Balaban J connectivity index is 0.000000956. The number of rotatable bonds is 4. The average Bonchev–Trinajstić information content (AvgIpc) is 2.51. The molecule has 1 unspecified atom stereocenters. The molecule has 1 aliphatic rings. The lowest BCUT2D eigenvalue weighted by Crippen LogP contribution is -2.49. The van der Waals surface area contributed by atoms with Crippen molar-refractivity contribution in [3.63, 3.8) is 0 Å². The third-order valence-corrected chi connectivity index (χ3v) is 4.17. The van der Waals surface area contributed by atoms with Crippen LogP contribution in [-0.2, 0) is 10.5 Å². The fourth-order valence-electron chi connectivity index (χ4n) is 1.94. The molecular formula is C14H22O5S. The molecule has 1 aromatic carbocycles. The molecule has 1 fully saturated rings. The van der Waals surface area contributed by atoms with Crippen molar-refractivity contribution >= 4 is 11.8 Å². The van der Waals surface area contributed by atoms with Gasteiger partial charge in [0.2, 0.25) is 0 Å². The molecule has 4 N–H and O–H groups in total. The number of hydrogen-bond donors (Lipinski definition) is 4. The summed E-state index contributed by atoms with van der Waals surface area (Å²) in [5.74, 6) is 0.784. The van der Waals surface area contributed by atoms with E-state index in [9.17, 15) is 10.2 Å². The molecule has 1 heterocycles. The van der Waals surface area contributed by atoms with Gasteiger partial charge >= 0.3 is 0 Å². The molecule has 0 saturated carbocycles. The molecule has 2 rings (SSSR count). The standard InChI is InChI=1S/C13H18O4S.CH4O/c14-7-11-13(16)10(15)6-12(17-11)18-8-9-4-2-1-3-5-9;1-2/h1-5,10-16H,6-8H2;2H,1H3/t10-,11?,12+,13+;/m1./s1. The van der Waals surface area contributed by atoms with Crippen LogP contribution in [0.5, 0.6) is 0 Å². The van der Waals surface area contributed by atoms with Crippen molar-refractivity contribution in [2.45, 2.75) is 35.9 Å². The Morgan fingerprint density at radius 2 is 1.85 bits per heavy atom. The number of aliphatic hydroxyl groups excluding tert-OH is 4. The van der Waals surface area contributed by atoms with E-state index in [1.54, 1.807) is 11.8 Å². The SMILES string of the molecule is CO.OCC1O[C@@H](SCc2ccccc2)C[C@@H](O)[C@@H]1O. The second kappa shape index (κ2) is 9.33. The number of aliphatic hydroxyl groups is 4. The second-order valence-corrected chi connectivity index (χ2v) is 5.52. The van der Waals surface area contributed by atoms with Gasteiger partial charge in [0.25, 0.3) is 0 Å².